The predicted octanol–water partition coefficient (Wildman–Crippen LogP) is 3.91. The van der Waals surface area contributed by atoms with Gasteiger partial charge in [0.05, 0.1) is 4.90 Å². The van der Waals surface area contributed by atoms with Crippen molar-refractivity contribution in [2.24, 2.45) is 0 Å². The Bertz CT molecular complexity index is 1030. The summed E-state index contributed by atoms with van der Waals surface area (Å²) in [5.74, 6) is 0. The minimum absolute atomic E-state index is 0.225. The molecule has 2 heterocycles. The molecule has 3 aromatic rings. The molecule has 2 aromatic heterocycles. The summed E-state index contributed by atoms with van der Waals surface area (Å²) in [5.41, 5.74) is 0.258. The van der Waals surface area contributed by atoms with Gasteiger partial charge in [-0.15, -0.1) is 0 Å². The van der Waals surface area contributed by atoms with E-state index >= 15 is 0 Å². The van der Waals surface area contributed by atoms with Crippen molar-refractivity contribution in [3.8, 4) is 0 Å². The molecule has 3 rings (SSSR count). The van der Waals surface area contributed by atoms with Crippen molar-refractivity contribution in [2.75, 3.05) is 7.05 Å². The zero-order valence-corrected chi connectivity index (χ0v) is 14.9. The molecule has 138 valence electrons. The van der Waals surface area contributed by atoms with Crippen LogP contribution in [0.5, 0.6) is 0 Å². The second-order valence-corrected chi connectivity index (χ2v) is 8.01. The van der Waals surface area contributed by atoms with Crippen molar-refractivity contribution >= 4 is 27.3 Å². The minimum atomic E-state index is -4.81. The number of halogens is 4. The van der Waals surface area contributed by atoms with E-state index in [0.717, 1.165) is 19.2 Å². The maximum atomic E-state index is 13.7. The molecule has 1 aromatic carbocycles. The van der Waals surface area contributed by atoms with Crippen LogP contribution in [0.4, 0.5) is 13.2 Å². The van der Waals surface area contributed by atoms with Crippen LogP contribution in [0.15, 0.2) is 59.9 Å². The number of hydrogen-bond acceptors (Lipinski definition) is 3. The Morgan fingerprint density at radius 3 is 2.42 bits per heavy atom. The average Bonchev–Trinajstić information content (AvgIpc) is 3.03. The van der Waals surface area contributed by atoms with Crippen molar-refractivity contribution in [1.82, 2.24) is 13.7 Å². The maximum Gasteiger partial charge on any atom is 0.409 e. The summed E-state index contributed by atoms with van der Waals surface area (Å²) >= 11 is 5.72. The van der Waals surface area contributed by atoms with E-state index in [9.17, 15) is 21.6 Å². The minimum Gasteiger partial charge on any atom is -0.306 e. The molecule has 0 spiro atoms. The molecule has 0 aliphatic heterocycles. The smallest absolute Gasteiger partial charge is 0.306 e. The van der Waals surface area contributed by atoms with Crippen LogP contribution in [0.2, 0.25) is 5.02 Å². The lowest BCUT2D eigenvalue weighted by Crippen LogP contribution is -2.39. The second-order valence-electron chi connectivity index (χ2n) is 5.57. The predicted molar refractivity (Wildman–Crippen MR) is 90.4 cm³/mol. The molecule has 0 saturated carbocycles. The van der Waals surface area contributed by atoms with Crippen LogP contribution < -0.4 is 0 Å². The van der Waals surface area contributed by atoms with E-state index in [4.69, 9.17) is 11.6 Å². The normalized spacial score (nSPS) is 14.1. The zero-order chi connectivity index (χ0) is 19.1. The monoisotopic (exact) mass is 403 g/mol. The van der Waals surface area contributed by atoms with Gasteiger partial charge in [-0.1, -0.05) is 23.7 Å². The van der Waals surface area contributed by atoms with E-state index < -0.39 is 22.2 Å². The third kappa shape index (κ3) is 3.42. The van der Waals surface area contributed by atoms with Gasteiger partial charge in [0.15, 0.2) is 0 Å². The van der Waals surface area contributed by atoms with Crippen LogP contribution in [-0.4, -0.2) is 35.3 Å². The number of rotatable bonds is 4. The highest BCUT2D eigenvalue weighted by molar-refractivity contribution is 7.89. The number of hydrogen-bond donors (Lipinski definition) is 0. The van der Waals surface area contributed by atoms with E-state index in [-0.39, 0.29) is 15.5 Å². The highest BCUT2D eigenvalue weighted by Crippen LogP contribution is 2.39. The van der Waals surface area contributed by atoms with E-state index in [1.807, 2.05) is 0 Å². The van der Waals surface area contributed by atoms with Gasteiger partial charge in [-0.2, -0.15) is 17.5 Å². The number of imidazole rings is 1. The van der Waals surface area contributed by atoms with Crippen molar-refractivity contribution < 1.29 is 21.6 Å². The number of sulfonamides is 1. The Labute approximate surface area is 152 Å². The van der Waals surface area contributed by atoms with E-state index in [0.29, 0.717) is 9.95 Å². The quantitative estimate of drug-likeness (QED) is 0.663. The number of benzene rings is 1. The molecule has 26 heavy (non-hydrogen) atoms. The Kier molecular flexibility index (Phi) is 4.72. The summed E-state index contributed by atoms with van der Waals surface area (Å²) in [6, 6.07) is 5.19. The number of alkyl halides is 3. The van der Waals surface area contributed by atoms with Crippen molar-refractivity contribution in [3.05, 3.63) is 65.6 Å². The molecule has 0 aliphatic carbocycles. The largest absolute Gasteiger partial charge is 0.409 e. The molecule has 0 N–H and O–H groups in total. The Morgan fingerprint density at radius 2 is 1.81 bits per heavy atom. The first-order chi connectivity index (χ1) is 12.1. The van der Waals surface area contributed by atoms with Crippen molar-refractivity contribution in [3.63, 3.8) is 0 Å². The van der Waals surface area contributed by atoms with Crippen molar-refractivity contribution in [2.45, 2.75) is 17.1 Å². The molecular formula is C16H13ClF3N3O2S. The summed E-state index contributed by atoms with van der Waals surface area (Å²) in [6.45, 7) is 0. The van der Waals surface area contributed by atoms with Gasteiger partial charge in [0.25, 0.3) is 0 Å². The van der Waals surface area contributed by atoms with E-state index in [1.165, 1.54) is 47.3 Å². The fourth-order valence-electron chi connectivity index (χ4n) is 2.61. The van der Waals surface area contributed by atoms with Gasteiger partial charge in [-0.05, 0) is 29.8 Å². The molecule has 1 unspecified atom stereocenters. The third-order valence-electron chi connectivity index (χ3n) is 3.90. The standard InChI is InChI=1S/C16H13ClF3N3O2S/c1-22(15(16(18,19)20)11-2-4-12(17)5-3-11)26(24,25)13-6-7-14-21-8-9-23(14)10-13/h2-10,15H,1H3. The first kappa shape index (κ1) is 18.7. The molecule has 0 radical (unpaired) electrons. The SMILES string of the molecule is CN(C(c1ccc(Cl)cc1)C(F)(F)F)S(=O)(=O)c1ccc2nccn2c1. The summed E-state index contributed by atoms with van der Waals surface area (Å²) in [7, 11) is -3.51. The van der Waals surface area contributed by atoms with Gasteiger partial charge in [0.1, 0.15) is 11.7 Å². The molecular weight excluding hydrogens is 391 g/mol. The molecule has 0 aliphatic rings. The lowest BCUT2D eigenvalue weighted by Gasteiger charge is -2.29. The fraction of sp³-hybridized carbons (Fsp3) is 0.188. The summed E-state index contributed by atoms with van der Waals surface area (Å²) in [4.78, 5) is 3.71. The molecule has 1 atom stereocenters. The van der Waals surface area contributed by atoms with Crippen LogP contribution in [0.3, 0.4) is 0 Å². The zero-order valence-electron chi connectivity index (χ0n) is 13.4. The Balaban J connectivity index is 2.07. The molecule has 10 heteroatoms. The van der Waals surface area contributed by atoms with Gasteiger partial charge in [0, 0.05) is 30.7 Å². The van der Waals surface area contributed by atoms with Crippen LogP contribution in [0, 0.1) is 0 Å². The number of pyridine rings is 1. The van der Waals surface area contributed by atoms with Gasteiger partial charge >= 0.3 is 6.18 Å². The van der Waals surface area contributed by atoms with E-state index in [2.05, 4.69) is 4.98 Å². The molecule has 5 nitrogen and oxygen atoms in total. The maximum absolute atomic E-state index is 13.7. The van der Waals surface area contributed by atoms with Gasteiger partial charge < -0.3 is 4.40 Å². The van der Waals surface area contributed by atoms with Gasteiger partial charge in [0.2, 0.25) is 10.0 Å². The fourth-order valence-corrected chi connectivity index (χ4v) is 4.07. The first-order valence-electron chi connectivity index (χ1n) is 7.33. The van der Waals surface area contributed by atoms with Crippen LogP contribution in [-0.2, 0) is 10.0 Å². The van der Waals surface area contributed by atoms with Gasteiger partial charge in [-0.3, -0.25) is 0 Å². The highest BCUT2D eigenvalue weighted by Gasteiger charge is 2.47. The van der Waals surface area contributed by atoms with Crippen LogP contribution in [0.25, 0.3) is 5.65 Å². The lowest BCUT2D eigenvalue weighted by molar-refractivity contribution is -0.171. The van der Waals surface area contributed by atoms with Crippen LogP contribution in [0.1, 0.15) is 11.6 Å². The molecule has 0 saturated heterocycles. The Morgan fingerprint density at radius 1 is 1.15 bits per heavy atom. The molecule has 0 amide bonds. The third-order valence-corrected chi connectivity index (χ3v) is 5.96. The van der Waals surface area contributed by atoms with Gasteiger partial charge in [-0.25, -0.2) is 13.4 Å². The Hall–Kier alpha value is -2.10. The number of fused-ring (bicyclic) bond motifs is 1. The van der Waals surface area contributed by atoms with E-state index in [1.54, 1.807) is 0 Å². The number of nitrogens with zero attached hydrogens (tertiary/aromatic N) is 3. The second kappa shape index (κ2) is 6.57. The van der Waals surface area contributed by atoms with Crippen molar-refractivity contribution in [1.29, 1.82) is 0 Å². The lowest BCUT2D eigenvalue weighted by atomic mass is 10.1. The first-order valence-corrected chi connectivity index (χ1v) is 9.15. The molecule has 0 fully saturated rings. The average molecular weight is 404 g/mol. The topological polar surface area (TPSA) is 54.7 Å². The molecule has 0 bridgehead atoms. The summed E-state index contributed by atoms with van der Waals surface area (Å²) < 4.78 is 68.3. The summed E-state index contributed by atoms with van der Waals surface area (Å²) in [5, 5.41) is 0.255. The number of aromatic nitrogens is 2. The van der Waals surface area contributed by atoms with Crippen LogP contribution >= 0.6 is 11.6 Å². The summed E-state index contributed by atoms with van der Waals surface area (Å²) in [6.07, 6.45) is -0.616. The highest BCUT2D eigenvalue weighted by atomic mass is 35.5.